The van der Waals surface area contributed by atoms with E-state index >= 15 is 0 Å². The third-order valence-corrected chi connectivity index (χ3v) is 4.60. The van der Waals surface area contributed by atoms with Gasteiger partial charge in [0.15, 0.2) is 0 Å². The van der Waals surface area contributed by atoms with Crippen molar-refractivity contribution in [3.63, 3.8) is 0 Å². The van der Waals surface area contributed by atoms with Crippen LogP contribution < -0.4 is 4.74 Å². The van der Waals surface area contributed by atoms with Crippen LogP contribution in [0.5, 0.6) is 5.75 Å². The summed E-state index contributed by atoms with van der Waals surface area (Å²) in [5.41, 5.74) is 2.90. The van der Waals surface area contributed by atoms with Crippen LogP contribution in [0, 0.1) is 5.92 Å². The van der Waals surface area contributed by atoms with Crippen molar-refractivity contribution in [2.75, 3.05) is 7.11 Å². The number of carbonyl (C=O) groups is 1. The Balaban J connectivity index is 1.95. The Morgan fingerprint density at radius 1 is 1.50 bits per heavy atom. The molecule has 2 aliphatic carbocycles. The summed E-state index contributed by atoms with van der Waals surface area (Å²) in [7, 11) is 1.69. The Hall–Kier alpha value is -1.51. The number of hydrogen-bond donors (Lipinski definition) is 1. The highest BCUT2D eigenvalue weighted by atomic mass is 16.5. The van der Waals surface area contributed by atoms with Crippen molar-refractivity contribution in [2.45, 2.75) is 37.5 Å². The molecule has 1 aromatic carbocycles. The quantitative estimate of drug-likeness (QED) is 0.892. The Bertz CT molecular complexity index is 489. The zero-order valence-corrected chi connectivity index (χ0v) is 10.6. The Morgan fingerprint density at radius 3 is 2.89 bits per heavy atom. The van der Waals surface area contributed by atoms with Crippen LogP contribution >= 0.6 is 0 Å². The van der Waals surface area contributed by atoms with E-state index in [-0.39, 0.29) is 5.41 Å². The number of carboxylic acid groups (broad SMARTS) is 1. The third kappa shape index (κ3) is 1.69. The van der Waals surface area contributed by atoms with Crippen LogP contribution in [0.4, 0.5) is 0 Å². The van der Waals surface area contributed by atoms with Gasteiger partial charge in [0.1, 0.15) is 5.75 Å². The molecule has 0 bridgehead atoms. The van der Waals surface area contributed by atoms with E-state index in [1.807, 2.05) is 6.07 Å². The van der Waals surface area contributed by atoms with Crippen LogP contribution in [0.15, 0.2) is 18.2 Å². The zero-order chi connectivity index (χ0) is 12.8. The monoisotopic (exact) mass is 246 g/mol. The van der Waals surface area contributed by atoms with Gasteiger partial charge >= 0.3 is 5.97 Å². The molecule has 0 heterocycles. The molecule has 3 rings (SSSR count). The van der Waals surface area contributed by atoms with Crippen molar-refractivity contribution in [3.05, 3.63) is 29.3 Å². The molecule has 96 valence electrons. The predicted molar refractivity (Wildman–Crippen MR) is 68.0 cm³/mol. The molecule has 1 atom stereocenters. The highest BCUT2D eigenvalue weighted by Gasteiger charge is 2.53. The van der Waals surface area contributed by atoms with Gasteiger partial charge in [0, 0.05) is 6.42 Å². The second kappa shape index (κ2) is 4.01. The Kier molecular flexibility index (Phi) is 2.58. The number of aliphatic carboxylic acids is 1. The zero-order valence-electron chi connectivity index (χ0n) is 10.6. The molecule has 1 saturated carbocycles. The van der Waals surface area contributed by atoms with Gasteiger partial charge in [-0.3, -0.25) is 4.79 Å². The number of carboxylic acids is 1. The lowest BCUT2D eigenvalue weighted by Crippen LogP contribution is -2.29. The summed E-state index contributed by atoms with van der Waals surface area (Å²) in [5, 5.41) is 9.04. The van der Waals surface area contributed by atoms with Crippen LogP contribution in [-0.4, -0.2) is 18.2 Å². The fourth-order valence-electron chi connectivity index (χ4n) is 3.54. The van der Waals surface area contributed by atoms with Crippen LogP contribution in [0.3, 0.4) is 0 Å². The number of aryl methyl sites for hydroxylation is 1. The topological polar surface area (TPSA) is 46.5 Å². The van der Waals surface area contributed by atoms with E-state index in [0.717, 1.165) is 31.4 Å². The van der Waals surface area contributed by atoms with Crippen molar-refractivity contribution in [1.29, 1.82) is 0 Å². The average molecular weight is 246 g/mol. The highest BCUT2D eigenvalue weighted by Crippen LogP contribution is 2.59. The Labute approximate surface area is 107 Å². The standard InChI is InChI=1S/C15H18O3/c1-18-12-4-5-13-10(8-12)2-3-11(9-14(16)17)15(13)6-7-15/h4-5,8,11H,2-3,6-7,9H2,1H3,(H,16,17). The maximum Gasteiger partial charge on any atom is 0.303 e. The van der Waals surface area contributed by atoms with Crippen molar-refractivity contribution in [1.82, 2.24) is 0 Å². The molecule has 2 aliphatic rings. The summed E-state index contributed by atoms with van der Waals surface area (Å²) >= 11 is 0. The fourth-order valence-corrected chi connectivity index (χ4v) is 3.54. The van der Waals surface area contributed by atoms with E-state index in [1.165, 1.54) is 11.1 Å². The van der Waals surface area contributed by atoms with Gasteiger partial charge in [-0.15, -0.1) is 0 Å². The summed E-state index contributed by atoms with van der Waals surface area (Å²) in [4.78, 5) is 11.0. The highest BCUT2D eigenvalue weighted by molar-refractivity contribution is 5.68. The van der Waals surface area contributed by atoms with Crippen LogP contribution in [0.25, 0.3) is 0 Å². The Morgan fingerprint density at radius 2 is 2.28 bits per heavy atom. The summed E-state index contributed by atoms with van der Waals surface area (Å²) in [6.45, 7) is 0. The summed E-state index contributed by atoms with van der Waals surface area (Å²) in [6.07, 6.45) is 4.57. The van der Waals surface area contributed by atoms with Crippen LogP contribution in [0.1, 0.15) is 36.8 Å². The first-order valence-corrected chi connectivity index (χ1v) is 6.55. The predicted octanol–water partition coefficient (Wildman–Crippen LogP) is 2.76. The van der Waals surface area contributed by atoms with Crippen molar-refractivity contribution >= 4 is 5.97 Å². The normalized spacial score (nSPS) is 23.5. The minimum atomic E-state index is -0.664. The second-order valence-electron chi connectivity index (χ2n) is 5.51. The van der Waals surface area contributed by atoms with Gasteiger partial charge in [0.05, 0.1) is 7.11 Å². The van der Waals surface area contributed by atoms with E-state index in [1.54, 1.807) is 7.11 Å². The number of hydrogen-bond acceptors (Lipinski definition) is 2. The first kappa shape index (κ1) is 11.6. The van der Waals surface area contributed by atoms with Gasteiger partial charge in [0.2, 0.25) is 0 Å². The summed E-state index contributed by atoms with van der Waals surface area (Å²) in [6, 6.07) is 6.27. The van der Waals surface area contributed by atoms with Crippen molar-refractivity contribution < 1.29 is 14.6 Å². The molecule has 3 heteroatoms. The first-order valence-electron chi connectivity index (χ1n) is 6.55. The molecule has 0 aromatic heterocycles. The molecule has 0 saturated heterocycles. The van der Waals surface area contributed by atoms with Gasteiger partial charge in [-0.1, -0.05) is 6.07 Å². The molecule has 0 aliphatic heterocycles. The molecule has 0 amide bonds. The third-order valence-electron chi connectivity index (χ3n) is 4.60. The molecule has 1 N–H and O–H groups in total. The first-order chi connectivity index (χ1) is 8.65. The number of methoxy groups -OCH3 is 1. The number of rotatable bonds is 3. The molecule has 1 spiro atoms. The van der Waals surface area contributed by atoms with Crippen LogP contribution in [0.2, 0.25) is 0 Å². The van der Waals surface area contributed by atoms with E-state index in [2.05, 4.69) is 12.1 Å². The lowest BCUT2D eigenvalue weighted by Gasteiger charge is -2.33. The lowest BCUT2D eigenvalue weighted by atomic mass is 9.71. The summed E-state index contributed by atoms with van der Waals surface area (Å²) in [5.74, 6) is 0.556. The minimum absolute atomic E-state index is 0.165. The van der Waals surface area contributed by atoms with Gasteiger partial charge in [-0.25, -0.2) is 0 Å². The fraction of sp³-hybridized carbons (Fsp3) is 0.533. The lowest BCUT2D eigenvalue weighted by molar-refractivity contribution is -0.138. The van der Waals surface area contributed by atoms with E-state index in [9.17, 15) is 4.79 Å². The molecule has 3 nitrogen and oxygen atoms in total. The van der Waals surface area contributed by atoms with Gasteiger partial charge in [-0.05, 0) is 60.3 Å². The van der Waals surface area contributed by atoms with Crippen molar-refractivity contribution in [2.24, 2.45) is 5.92 Å². The second-order valence-corrected chi connectivity index (χ2v) is 5.51. The number of ether oxygens (including phenoxy) is 1. The SMILES string of the molecule is COc1ccc2c(c1)CCC(CC(=O)O)C21CC1. The molecule has 18 heavy (non-hydrogen) atoms. The minimum Gasteiger partial charge on any atom is -0.497 e. The summed E-state index contributed by atoms with van der Waals surface area (Å²) < 4.78 is 5.27. The van der Waals surface area contributed by atoms with Gasteiger partial charge < -0.3 is 9.84 Å². The molecular weight excluding hydrogens is 228 g/mol. The van der Waals surface area contributed by atoms with Gasteiger partial charge in [0.25, 0.3) is 0 Å². The van der Waals surface area contributed by atoms with E-state index in [0.29, 0.717) is 12.3 Å². The van der Waals surface area contributed by atoms with Gasteiger partial charge in [-0.2, -0.15) is 0 Å². The van der Waals surface area contributed by atoms with E-state index < -0.39 is 5.97 Å². The molecule has 1 fully saturated rings. The maximum atomic E-state index is 11.0. The largest absolute Gasteiger partial charge is 0.497 e. The number of benzene rings is 1. The molecule has 1 aromatic rings. The van der Waals surface area contributed by atoms with Crippen molar-refractivity contribution in [3.8, 4) is 5.75 Å². The van der Waals surface area contributed by atoms with Crippen LogP contribution in [-0.2, 0) is 16.6 Å². The van der Waals surface area contributed by atoms with E-state index in [4.69, 9.17) is 9.84 Å². The molecule has 0 radical (unpaired) electrons. The molecule has 1 unspecified atom stereocenters. The smallest absolute Gasteiger partial charge is 0.303 e. The maximum absolute atomic E-state index is 11.0. The number of fused-ring (bicyclic) bond motifs is 2. The average Bonchev–Trinajstić information content (AvgIpc) is 3.14. The molecular formula is C15H18O3.